The molecule has 1 rings (SSSR count). The van der Waals surface area contributed by atoms with E-state index in [0.717, 1.165) is 10.9 Å². The Kier molecular flexibility index (Phi) is 5.49. The quantitative estimate of drug-likeness (QED) is 0.902. The van der Waals surface area contributed by atoms with Crippen LogP contribution in [0.3, 0.4) is 0 Å². The second-order valence-corrected chi connectivity index (χ2v) is 4.35. The lowest BCUT2D eigenvalue weighted by Gasteiger charge is -2.21. The van der Waals surface area contributed by atoms with Crippen LogP contribution in [0.1, 0.15) is 23.7 Å². The molecule has 16 heavy (non-hydrogen) atoms. The van der Waals surface area contributed by atoms with Crippen LogP contribution in [0.15, 0.2) is 28.7 Å². The second kappa shape index (κ2) is 6.66. The number of carbonyl (C=O) groups excluding carboxylic acids is 1. The molecule has 0 saturated heterocycles. The Morgan fingerprint density at radius 1 is 1.38 bits per heavy atom. The Bertz CT molecular complexity index is 349. The van der Waals surface area contributed by atoms with Gasteiger partial charge in [-0.05, 0) is 34.5 Å². The van der Waals surface area contributed by atoms with Gasteiger partial charge in [0.25, 0.3) is 5.91 Å². The number of hydrogen-bond acceptors (Lipinski definition) is 2. The summed E-state index contributed by atoms with van der Waals surface area (Å²) < 4.78 is 0.791. The third-order valence-corrected chi connectivity index (χ3v) is 2.95. The first kappa shape index (κ1) is 13.2. The lowest BCUT2D eigenvalue weighted by atomic mass is 10.2. The summed E-state index contributed by atoms with van der Waals surface area (Å²) in [4.78, 5) is 13.8. The molecular formula is C12H16BrNO2. The molecule has 4 heteroatoms. The van der Waals surface area contributed by atoms with Crippen molar-refractivity contribution < 1.29 is 9.90 Å². The average molecular weight is 286 g/mol. The lowest BCUT2D eigenvalue weighted by molar-refractivity contribution is 0.0721. The molecule has 1 N–H and O–H groups in total. The highest BCUT2D eigenvalue weighted by Gasteiger charge is 2.16. The molecule has 1 aromatic carbocycles. The monoisotopic (exact) mass is 285 g/mol. The average Bonchev–Trinajstić information content (AvgIpc) is 2.28. The highest BCUT2D eigenvalue weighted by molar-refractivity contribution is 9.10. The minimum absolute atomic E-state index is 0.00378. The number of aliphatic hydroxyl groups is 1. The molecule has 0 spiro atoms. The summed E-state index contributed by atoms with van der Waals surface area (Å²) in [5.41, 5.74) is 0.643. The second-order valence-electron chi connectivity index (χ2n) is 3.50. The van der Waals surface area contributed by atoms with E-state index in [9.17, 15) is 4.79 Å². The number of nitrogens with zero attached hydrogens (tertiary/aromatic N) is 1. The SMILES string of the molecule is CCCN(CCO)C(=O)c1ccccc1Br. The van der Waals surface area contributed by atoms with Crippen LogP contribution in [-0.4, -0.2) is 35.6 Å². The molecule has 0 heterocycles. The van der Waals surface area contributed by atoms with Crippen LogP contribution in [0.2, 0.25) is 0 Å². The summed E-state index contributed by atoms with van der Waals surface area (Å²) >= 11 is 3.36. The van der Waals surface area contributed by atoms with Gasteiger partial charge in [-0.25, -0.2) is 0 Å². The van der Waals surface area contributed by atoms with Gasteiger partial charge in [0, 0.05) is 17.6 Å². The van der Waals surface area contributed by atoms with Gasteiger partial charge in [0.05, 0.1) is 12.2 Å². The maximum atomic E-state index is 12.1. The molecule has 0 aliphatic rings. The van der Waals surface area contributed by atoms with E-state index in [1.807, 2.05) is 25.1 Å². The fraction of sp³-hybridized carbons (Fsp3) is 0.417. The van der Waals surface area contributed by atoms with Gasteiger partial charge in [-0.1, -0.05) is 19.1 Å². The van der Waals surface area contributed by atoms with E-state index >= 15 is 0 Å². The largest absolute Gasteiger partial charge is 0.395 e. The molecule has 0 fully saturated rings. The summed E-state index contributed by atoms with van der Waals surface area (Å²) in [6.07, 6.45) is 0.885. The van der Waals surface area contributed by atoms with E-state index < -0.39 is 0 Å². The molecule has 0 saturated carbocycles. The van der Waals surface area contributed by atoms with Crippen LogP contribution in [0.25, 0.3) is 0 Å². The van der Waals surface area contributed by atoms with Gasteiger partial charge >= 0.3 is 0 Å². The van der Waals surface area contributed by atoms with Gasteiger partial charge < -0.3 is 10.0 Å². The summed E-state index contributed by atoms with van der Waals surface area (Å²) in [7, 11) is 0. The Balaban J connectivity index is 2.85. The summed E-state index contributed by atoms with van der Waals surface area (Å²) in [6, 6.07) is 7.33. The zero-order valence-corrected chi connectivity index (χ0v) is 10.9. The first-order chi connectivity index (χ1) is 7.70. The predicted molar refractivity (Wildman–Crippen MR) is 67.4 cm³/mol. The Morgan fingerprint density at radius 2 is 2.06 bits per heavy atom. The molecule has 1 amide bonds. The number of benzene rings is 1. The Labute approximate surface area is 104 Å². The van der Waals surface area contributed by atoms with E-state index in [1.165, 1.54) is 0 Å². The smallest absolute Gasteiger partial charge is 0.255 e. The van der Waals surface area contributed by atoms with Crippen molar-refractivity contribution in [1.29, 1.82) is 0 Å². The van der Waals surface area contributed by atoms with E-state index in [-0.39, 0.29) is 12.5 Å². The van der Waals surface area contributed by atoms with Crippen molar-refractivity contribution in [3.63, 3.8) is 0 Å². The van der Waals surface area contributed by atoms with E-state index in [2.05, 4.69) is 15.9 Å². The minimum Gasteiger partial charge on any atom is -0.395 e. The molecule has 88 valence electrons. The maximum Gasteiger partial charge on any atom is 0.255 e. The van der Waals surface area contributed by atoms with Crippen LogP contribution >= 0.6 is 15.9 Å². The van der Waals surface area contributed by atoms with Crippen molar-refractivity contribution in [2.75, 3.05) is 19.7 Å². The Morgan fingerprint density at radius 3 is 2.62 bits per heavy atom. The van der Waals surface area contributed by atoms with Crippen molar-refractivity contribution in [3.8, 4) is 0 Å². The maximum absolute atomic E-state index is 12.1. The molecule has 0 aromatic heterocycles. The first-order valence-corrected chi connectivity index (χ1v) is 6.14. The number of rotatable bonds is 5. The van der Waals surface area contributed by atoms with Gasteiger partial charge in [-0.15, -0.1) is 0 Å². The fourth-order valence-electron chi connectivity index (χ4n) is 1.51. The molecule has 1 aromatic rings. The van der Waals surface area contributed by atoms with Crippen molar-refractivity contribution in [3.05, 3.63) is 34.3 Å². The summed E-state index contributed by atoms with van der Waals surface area (Å²) in [5.74, 6) is -0.0385. The highest BCUT2D eigenvalue weighted by Crippen LogP contribution is 2.17. The fourth-order valence-corrected chi connectivity index (χ4v) is 1.96. The van der Waals surface area contributed by atoms with E-state index in [4.69, 9.17) is 5.11 Å². The highest BCUT2D eigenvalue weighted by atomic mass is 79.9. The van der Waals surface area contributed by atoms with Crippen LogP contribution < -0.4 is 0 Å². The van der Waals surface area contributed by atoms with Gasteiger partial charge in [0.2, 0.25) is 0 Å². The molecule has 0 aliphatic heterocycles. The first-order valence-electron chi connectivity index (χ1n) is 5.35. The van der Waals surface area contributed by atoms with Gasteiger partial charge in [-0.2, -0.15) is 0 Å². The number of carbonyl (C=O) groups is 1. The number of amides is 1. The standard InChI is InChI=1S/C12H16BrNO2/c1-2-7-14(8-9-15)12(16)10-5-3-4-6-11(10)13/h3-6,15H,2,7-9H2,1H3. The van der Waals surface area contributed by atoms with Crippen molar-refractivity contribution >= 4 is 21.8 Å². The van der Waals surface area contributed by atoms with E-state index in [1.54, 1.807) is 11.0 Å². The lowest BCUT2D eigenvalue weighted by Crippen LogP contribution is -2.34. The van der Waals surface area contributed by atoms with Gasteiger partial charge in [0.15, 0.2) is 0 Å². The van der Waals surface area contributed by atoms with Crippen molar-refractivity contribution in [1.82, 2.24) is 4.90 Å². The van der Waals surface area contributed by atoms with E-state index in [0.29, 0.717) is 18.7 Å². The molecular weight excluding hydrogens is 270 g/mol. The van der Waals surface area contributed by atoms with Crippen LogP contribution in [0, 0.1) is 0 Å². The minimum atomic E-state index is -0.0385. The number of aliphatic hydroxyl groups excluding tert-OH is 1. The predicted octanol–water partition coefficient (Wildman–Crippen LogP) is 2.29. The summed E-state index contributed by atoms with van der Waals surface area (Å²) in [5, 5.41) is 8.92. The van der Waals surface area contributed by atoms with Gasteiger partial charge in [0.1, 0.15) is 0 Å². The third-order valence-electron chi connectivity index (χ3n) is 2.25. The van der Waals surface area contributed by atoms with Crippen LogP contribution in [-0.2, 0) is 0 Å². The van der Waals surface area contributed by atoms with Crippen molar-refractivity contribution in [2.24, 2.45) is 0 Å². The molecule has 0 radical (unpaired) electrons. The third kappa shape index (κ3) is 3.32. The molecule has 0 unspecified atom stereocenters. The molecule has 0 atom stereocenters. The zero-order chi connectivity index (χ0) is 12.0. The summed E-state index contributed by atoms with van der Waals surface area (Å²) in [6.45, 7) is 3.06. The normalized spacial score (nSPS) is 10.2. The van der Waals surface area contributed by atoms with Crippen LogP contribution in [0.4, 0.5) is 0 Å². The molecule has 3 nitrogen and oxygen atoms in total. The topological polar surface area (TPSA) is 40.5 Å². The van der Waals surface area contributed by atoms with Gasteiger partial charge in [-0.3, -0.25) is 4.79 Å². The number of hydrogen-bond donors (Lipinski definition) is 1. The van der Waals surface area contributed by atoms with Crippen LogP contribution in [0.5, 0.6) is 0 Å². The molecule has 0 aliphatic carbocycles. The van der Waals surface area contributed by atoms with Crippen molar-refractivity contribution in [2.45, 2.75) is 13.3 Å². The Hall–Kier alpha value is -0.870. The number of halogens is 1. The molecule has 0 bridgehead atoms. The zero-order valence-electron chi connectivity index (χ0n) is 9.32.